The van der Waals surface area contributed by atoms with Crippen molar-refractivity contribution in [2.75, 3.05) is 13.1 Å². The van der Waals surface area contributed by atoms with Gasteiger partial charge >= 0.3 is 0 Å². The topological polar surface area (TPSA) is 50.2 Å². The highest BCUT2D eigenvalue weighted by atomic mass is 19.1. The minimum absolute atomic E-state index is 0.0849. The van der Waals surface area contributed by atoms with Gasteiger partial charge in [-0.1, -0.05) is 12.1 Å². The number of aromatic nitrogens is 2. The lowest BCUT2D eigenvalue weighted by molar-refractivity contribution is 0.0785. The van der Waals surface area contributed by atoms with Crippen LogP contribution in [0.25, 0.3) is 0 Å². The van der Waals surface area contributed by atoms with Crippen LogP contribution in [0.3, 0.4) is 0 Å². The first-order valence-electron chi connectivity index (χ1n) is 10.0. The van der Waals surface area contributed by atoms with Gasteiger partial charge in [-0.2, -0.15) is 5.10 Å². The number of carbonyl (C=O) groups is 1. The van der Waals surface area contributed by atoms with E-state index >= 15 is 0 Å². The predicted molar refractivity (Wildman–Crippen MR) is 102 cm³/mol. The van der Waals surface area contributed by atoms with Crippen LogP contribution in [0.2, 0.25) is 0 Å². The lowest BCUT2D eigenvalue weighted by Crippen LogP contribution is -2.35. The SMILES string of the molecule is CCn1nc(C(=O)N2CCCC2)c2c1CCC(NCc1cccc(F)c1)C2. The molecule has 1 atom stereocenters. The molecule has 0 saturated carbocycles. The van der Waals surface area contributed by atoms with Gasteiger partial charge in [0.25, 0.3) is 5.91 Å². The summed E-state index contributed by atoms with van der Waals surface area (Å²) >= 11 is 0. The van der Waals surface area contributed by atoms with Crippen molar-refractivity contribution in [3.8, 4) is 0 Å². The molecular weight excluding hydrogens is 343 g/mol. The molecule has 1 saturated heterocycles. The number of amides is 1. The molecule has 1 aromatic heterocycles. The summed E-state index contributed by atoms with van der Waals surface area (Å²) in [6, 6.07) is 6.98. The van der Waals surface area contributed by atoms with Crippen molar-refractivity contribution in [1.29, 1.82) is 0 Å². The molecule has 27 heavy (non-hydrogen) atoms. The molecule has 0 spiro atoms. The third kappa shape index (κ3) is 3.76. The summed E-state index contributed by atoms with van der Waals surface area (Å²) in [5, 5.41) is 8.21. The second-order valence-corrected chi connectivity index (χ2v) is 7.54. The quantitative estimate of drug-likeness (QED) is 0.880. The lowest BCUT2D eigenvalue weighted by atomic mass is 9.91. The standard InChI is InChI=1S/C21H27FN4O/c1-2-26-19-9-8-17(23-14-15-6-5-7-16(22)12-15)13-18(19)20(24-26)21(27)25-10-3-4-11-25/h5-7,12,17,23H,2-4,8-11,13-14H2,1H3. The Morgan fingerprint density at radius 3 is 2.89 bits per heavy atom. The van der Waals surface area contributed by atoms with Crippen LogP contribution in [0.15, 0.2) is 24.3 Å². The summed E-state index contributed by atoms with van der Waals surface area (Å²) in [5.74, 6) is -0.121. The highest BCUT2D eigenvalue weighted by Gasteiger charge is 2.31. The second-order valence-electron chi connectivity index (χ2n) is 7.54. The van der Waals surface area contributed by atoms with Gasteiger partial charge in [-0.25, -0.2) is 4.39 Å². The largest absolute Gasteiger partial charge is 0.337 e. The fourth-order valence-electron chi connectivity index (χ4n) is 4.27. The molecule has 0 bridgehead atoms. The smallest absolute Gasteiger partial charge is 0.274 e. The van der Waals surface area contributed by atoms with Gasteiger partial charge in [0.15, 0.2) is 5.69 Å². The Balaban J connectivity index is 1.50. The van der Waals surface area contributed by atoms with Crippen LogP contribution in [-0.2, 0) is 25.9 Å². The third-order valence-electron chi connectivity index (χ3n) is 5.73. The van der Waals surface area contributed by atoms with E-state index in [1.807, 2.05) is 15.6 Å². The molecule has 1 N–H and O–H groups in total. The van der Waals surface area contributed by atoms with Gasteiger partial charge in [0.05, 0.1) is 0 Å². The Bertz CT molecular complexity index is 826. The Hall–Kier alpha value is -2.21. The van der Waals surface area contributed by atoms with E-state index in [0.29, 0.717) is 12.2 Å². The summed E-state index contributed by atoms with van der Waals surface area (Å²) in [6.07, 6.45) is 4.90. The number of nitrogens with one attached hydrogen (secondary N) is 1. The van der Waals surface area contributed by atoms with Crippen LogP contribution in [0.1, 0.15) is 53.5 Å². The van der Waals surface area contributed by atoms with Gasteiger partial charge < -0.3 is 10.2 Å². The molecule has 2 aromatic rings. The molecule has 1 aromatic carbocycles. The van der Waals surface area contributed by atoms with Crippen molar-refractivity contribution in [1.82, 2.24) is 20.0 Å². The van der Waals surface area contributed by atoms with Crippen molar-refractivity contribution in [3.63, 3.8) is 0 Å². The number of rotatable bonds is 5. The molecular formula is C21H27FN4O. The molecule has 1 aliphatic heterocycles. The van der Waals surface area contributed by atoms with Crippen LogP contribution >= 0.6 is 0 Å². The van der Waals surface area contributed by atoms with Crippen molar-refractivity contribution in [2.45, 2.75) is 58.2 Å². The summed E-state index contributed by atoms with van der Waals surface area (Å²) in [6.45, 7) is 5.18. The average Bonchev–Trinajstić information content (AvgIpc) is 3.33. The zero-order valence-corrected chi connectivity index (χ0v) is 15.9. The molecule has 2 aliphatic rings. The highest BCUT2D eigenvalue weighted by Crippen LogP contribution is 2.27. The zero-order valence-electron chi connectivity index (χ0n) is 15.9. The minimum atomic E-state index is -0.206. The van der Waals surface area contributed by atoms with Crippen molar-refractivity contribution in [2.24, 2.45) is 0 Å². The first-order chi connectivity index (χ1) is 13.2. The highest BCUT2D eigenvalue weighted by molar-refractivity contribution is 5.94. The zero-order chi connectivity index (χ0) is 18.8. The van der Waals surface area contributed by atoms with Crippen molar-refractivity contribution < 1.29 is 9.18 Å². The number of aryl methyl sites for hydroxylation is 1. The predicted octanol–water partition coefficient (Wildman–Crippen LogP) is 2.93. The fraction of sp³-hybridized carbons (Fsp3) is 0.524. The van der Waals surface area contributed by atoms with Gasteiger partial charge in [0.1, 0.15) is 5.82 Å². The first-order valence-corrected chi connectivity index (χ1v) is 10.0. The molecule has 144 valence electrons. The third-order valence-corrected chi connectivity index (χ3v) is 5.73. The molecule has 1 amide bonds. The van der Waals surface area contributed by atoms with Crippen molar-refractivity contribution in [3.05, 3.63) is 52.6 Å². The Morgan fingerprint density at radius 1 is 1.33 bits per heavy atom. The van der Waals surface area contributed by atoms with Crippen LogP contribution in [0.4, 0.5) is 4.39 Å². The summed E-state index contributed by atoms with van der Waals surface area (Å²) in [4.78, 5) is 14.9. The number of fused-ring (bicyclic) bond motifs is 1. The lowest BCUT2D eigenvalue weighted by Gasteiger charge is -2.25. The second kappa shape index (κ2) is 7.80. The van der Waals surface area contributed by atoms with Gasteiger partial charge in [0, 0.05) is 43.5 Å². The Labute approximate surface area is 159 Å². The summed E-state index contributed by atoms with van der Waals surface area (Å²) < 4.78 is 15.4. The van der Waals surface area contributed by atoms with Gasteiger partial charge in [-0.3, -0.25) is 9.48 Å². The summed E-state index contributed by atoms with van der Waals surface area (Å²) in [5.41, 5.74) is 3.91. The minimum Gasteiger partial charge on any atom is -0.337 e. The van der Waals surface area contributed by atoms with E-state index in [9.17, 15) is 9.18 Å². The van der Waals surface area contributed by atoms with E-state index in [1.54, 1.807) is 12.1 Å². The number of hydrogen-bond acceptors (Lipinski definition) is 3. The molecule has 6 heteroatoms. The average molecular weight is 370 g/mol. The number of carbonyl (C=O) groups excluding carboxylic acids is 1. The number of halogens is 1. The van der Waals surface area contributed by atoms with Crippen molar-refractivity contribution >= 4 is 5.91 Å². The molecule has 4 rings (SSSR count). The van der Waals surface area contributed by atoms with E-state index in [-0.39, 0.29) is 17.8 Å². The number of likely N-dealkylation sites (tertiary alicyclic amines) is 1. The van der Waals surface area contributed by atoms with Gasteiger partial charge in [-0.05, 0) is 56.7 Å². The maximum Gasteiger partial charge on any atom is 0.274 e. The monoisotopic (exact) mass is 370 g/mol. The molecule has 2 heterocycles. The molecule has 1 fully saturated rings. The van der Waals surface area contributed by atoms with E-state index < -0.39 is 0 Å². The fourth-order valence-corrected chi connectivity index (χ4v) is 4.27. The van der Waals surface area contributed by atoms with Crippen LogP contribution < -0.4 is 5.32 Å². The molecule has 1 unspecified atom stereocenters. The Morgan fingerprint density at radius 2 is 2.15 bits per heavy atom. The number of benzene rings is 1. The summed E-state index contributed by atoms with van der Waals surface area (Å²) in [7, 11) is 0. The van der Waals surface area contributed by atoms with E-state index in [2.05, 4.69) is 17.3 Å². The van der Waals surface area contributed by atoms with Gasteiger partial charge in [-0.15, -0.1) is 0 Å². The van der Waals surface area contributed by atoms with Crippen LogP contribution in [0.5, 0.6) is 0 Å². The molecule has 5 nitrogen and oxygen atoms in total. The molecule has 0 radical (unpaired) electrons. The normalized spacial score (nSPS) is 19.3. The maximum absolute atomic E-state index is 13.4. The maximum atomic E-state index is 13.4. The first kappa shape index (κ1) is 18.2. The van der Waals surface area contributed by atoms with E-state index in [1.165, 1.54) is 11.8 Å². The number of hydrogen-bond donors (Lipinski definition) is 1. The van der Waals surface area contributed by atoms with E-state index in [0.717, 1.165) is 62.9 Å². The van der Waals surface area contributed by atoms with Crippen LogP contribution in [0, 0.1) is 5.82 Å². The Kier molecular flexibility index (Phi) is 5.25. The van der Waals surface area contributed by atoms with E-state index in [4.69, 9.17) is 0 Å². The van der Waals surface area contributed by atoms with Crippen LogP contribution in [-0.4, -0.2) is 39.7 Å². The number of nitrogens with zero attached hydrogens (tertiary/aromatic N) is 3. The molecule has 1 aliphatic carbocycles. The van der Waals surface area contributed by atoms with Gasteiger partial charge in [0.2, 0.25) is 0 Å².